The molecule has 1 saturated heterocycles. The van der Waals surface area contributed by atoms with Gasteiger partial charge in [-0.15, -0.1) is 0 Å². The first-order valence-electron chi connectivity index (χ1n) is 11.4. The predicted molar refractivity (Wildman–Crippen MR) is 123 cm³/mol. The van der Waals surface area contributed by atoms with E-state index in [1.807, 2.05) is 12.3 Å². The Labute approximate surface area is 184 Å². The Kier molecular flexibility index (Phi) is 6.16. The highest BCUT2D eigenvalue weighted by Gasteiger charge is 2.23. The summed E-state index contributed by atoms with van der Waals surface area (Å²) >= 11 is 0. The van der Waals surface area contributed by atoms with Crippen molar-refractivity contribution in [3.05, 3.63) is 71.4 Å². The van der Waals surface area contributed by atoms with Crippen LogP contribution in [0, 0.1) is 0 Å². The average molecular weight is 418 g/mol. The first-order chi connectivity index (χ1) is 15.3. The lowest BCUT2D eigenvalue weighted by Crippen LogP contribution is -2.41. The molecule has 5 rings (SSSR count). The van der Waals surface area contributed by atoms with E-state index in [9.17, 15) is 5.11 Å². The average Bonchev–Trinajstić information content (AvgIpc) is 3.01. The van der Waals surface area contributed by atoms with Gasteiger partial charge in [-0.3, -0.25) is 14.8 Å². The van der Waals surface area contributed by atoms with Crippen LogP contribution in [0.3, 0.4) is 0 Å². The van der Waals surface area contributed by atoms with Gasteiger partial charge in [0, 0.05) is 49.4 Å². The van der Waals surface area contributed by atoms with Crippen molar-refractivity contribution >= 4 is 10.9 Å². The number of nitrogens with zero attached hydrogens (tertiary/aromatic N) is 3. The van der Waals surface area contributed by atoms with Crippen molar-refractivity contribution in [1.29, 1.82) is 0 Å². The van der Waals surface area contributed by atoms with Crippen LogP contribution in [0.25, 0.3) is 10.9 Å². The summed E-state index contributed by atoms with van der Waals surface area (Å²) in [4.78, 5) is 9.51. The fourth-order valence-electron chi connectivity index (χ4n) is 4.98. The molecular weight excluding hydrogens is 386 g/mol. The normalized spacial score (nSPS) is 20.2. The number of likely N-dealkylation sites (tertiary alicyclic amines) is 1. The maximum atomic E-state index is 9.75. The van der Waals surface area contributed by atoms with Crippen LogP contribution in [0.4, 0.5) is 0 Å². The second kappa shape index (κ2) is 9.35. The Morgan fingerprint density at radius 2 is 1.97 bits per heavy atom. The van der Waals surface area contributed by atoms with Crippen LogP contribution < -0.4 is 4.74 Å². The van der Waals surface area contributed by atoms with Crippen LogP contribution in [0.2, 0.25) is 0 Å². The van der Waals surface area contributed by atoms with Gasteiger partial charge in [0.25, 0.3) is 0 Å². The van der Waals surface area contributed by atoms with E-state index in [1.54, 1.807) is 0 Å². The van der Waals surface area contributed by atoms with Crippen LogP contribution in [0.1, 0.15) is 36.0 Å². The maximum Gasteiger partial charge on any atom is 0.123 e. The molecule has 1 fully saturated rings. The molecule has 0 saturated carbocycles. The van der Waals surface area contributed by atoms with Gasteiger partial charge in [0.1, 0.15) is 12.4 Å². The maximum absolute atomic E-state index is 9.75. The molecule has 31 heavy (non-hydrogen) atoms. The van der Waals surface area contributed by atoms with Gasteiger partial charge in [0.2, 0.25) is 0 Å². The van der Waals surface area contributed by atoms with E-state index < -0.39 is 0 Å². The third kappa shape index (κ3) is 4.59. The molecule has 0 bridgehead atoms. The zero-order valence-electron chi connectivity index (χ0n) is 18.0. The number of pyridine rings is 1. The molecule has 0 radical (unpaired) electrons. The molecule has 3 aromatic rings. The SMILES string of the molecule is OCC1CCCCN1Cc1ccc2c(c1)CN(Cc1cccc3cccnc13)CCO2. The number of aromatic nitrogens is 1. The highest BCUT2D eigenvalue weighted by Crippen LogP contribution is 2.28. The van der Waals surface area contributed by atoms with Crippen molar-refractivity contribution < 1.29 is 9.84 Å². The highest BCUT2D eigenvalue weighted by atomic mass is 16.5. The van der Waals surface area contributed by atoms with E-state index in [4.69, 9.17) is 4.74 Å². The number of ether oxygens (including phenoxy) is 1. The third-order valence-electron chi connectivity index (χ3n) is 6.64. The van der Waals surface area contributed by atoms with Crippen molar-refractivity contribution in [2.24, 2.45) is 0 Å². The number of rotatable bonds is 5. The molecule has 2 aromatic carbocycles. The first-order valence-corrected chi connectivity index (χ1v) is 11.4. The molecule has 0 spiro atoms. The lowest BCUT2D eigenvalue weighted by molar-refractivity contribution is 0.0841. The van der Waals surface area contributed by atoms with Crippen molar-refractivity contribution in [3.63, 3.8) is 0 Å². The molecular formula is C26H31N3O2. The number of piperidine rings is 1. The highest BCUT2D eigenvalue weighted by molar-refractivity contribution is 5.81. The quantitative estimate of drug-likeness (QED) is 0.681. The Bertz CT molecular complexity index is 1030. The fourth-order valence-corrected chi connectivity index (χ4v) is 4.98. The fraction of sp³-hybridized carbons (Fsp3) is 0.423. The summed E-state index contributed by atoms with van der Waals surface area (Å²) in [5, 5.41) is 10.9. The predicted octanol–water partition coefficient (Wildman–Crippen LogP) is 3.98. The zero-order chi connectivity index (χ0) is 21.0. The molecule has 1 unspecified atom stereocenters. The van der Waals surface area contributed by atoms with Gasteiger partial charge in [0.05, 0.1) is 12.1 Å². The number of hydrogen-bond donors (Lipinski definition) is 1. The van der Waals surface area contributed by atoms with Crippen molar-refractivity contribution in [2.45, 2.75) is 44.9 Å². The summed E-state index contributed by atoms with van der Waals surface area (Å²) in [7, 11) is 0. The van der Waals surface area contributed by atoms with Gasteiger partial charge in [0.15, 0.2) is 0 Å². The lowest BCUT2D eigenvalue weighted by Gasteiger charge is -2.34. The molecule has 0 amide bonds. The van der Waals surface area contributed by atoms with Crippen LogP contribution in [0.15, 0.2) is 54.7 Å². The van der Waals surface area contributed by atoms with Gasteiger partial charge in [-0.25, -0.2) is 0 Å². The minimum Gasteiger partial charge on any atom is -0.492 e. The van der Waals surface area contributed by atoms with Crippen LogP contribution in [-0.4, -0.2) is 52.2 Å². The van der Waals surface area contributed by atoms with Crippen LogP contribution in [-0.2, 0) is 19.6 Å². The number of benzene rings is 2. The second-order valence-electron chi connectivity index (χ2n) is 8.80. The number of aliphatic hydroxyl groups is 1. The second-order valence-corrected chi connectivity index (χ2v) is 8.80. The summed E-state index contributed by atoms with van der Waals surface area (Å²) in [5.74, 6) is 1.000. The lowest BCUT2D eigenvalue weighted by atomic mass is 10.0. The molecule has 3 heterocycles. The first kappa shape index (κ1) is 20.4. The number of aliphatic hydroxyl groups excluding tert-OH is 1. The van der Waals surface area contributed by atoms with Gasteiger partial charge in [-0.05, 0) is 48.7 Å². The Morgan fingerprint density at radius 3 is 2.90 bits per heavy atom. The molecule has 5 nitrogen and oxygen atoms in total. The van der Waals surface area contributed by atoms with E-state index in [2.05, 4.69) is 57.2 Å². The summed E-state index contributed by atoms with van der Waals surface area (Å²) in [6.07, 6.45) is 5.41. The molecule has 2 aliphatic heterocycles. The molecule has 0 aliphatic carbocycles. The van der Waals surface area contributed by atoms with E-state index in [0.717, 1.165) is 50.4 Å². The molecule has 162 valence electrons. The van der Waals surface area contributed by atoms with E-state index in [1.165, 1.54) is 34.9 Å². The molecule has 1 N–H and O–H groups in total. The van der Waals surface area contributed by atoms with Gasteiger partial charge < -0.3 is 9.84 Å². The van der Waals surface area contributed by atoms with Crippen LogP contribution in [0.5, 0.6) is 5.75 Å². The van der Waals surface area contributed by atoms with Crippen molar-refractivity contribution in [1.82, 2.24) is 14.8 Å². The molecule has 2 aliphatic rings. The topological polar surface area (TPSA) is 48.8 Å². The minimum absolute atomic E-state index is 0.251. The van der Waals surface area contributed by atoms with E-state index in [0.29, 0.717) is 12.6 Å². The molecule has 1 atom stereocenters. The van der Waals surface area contributed by atoms with Crippen molar-refractivity contribution in [2.75, 3.05) is 26.3 Å². The monoisotopic (exact) mass is 417 g/mol. The number of fused-ring (bicyclic) bond motifs is 2. The van der Waals surface area contributed by atoms with E-state index >= 15 is 0 Å². The summed E-state index contributed by atoms with van der Waals surface area (Å²) in [6, 6.07) is 17.5. The van der Waals surface area contributed by atoms with Gasteiger partial charge in [-0.2, -0.15) is 0 Å². The Morgan fingerprint density at radius 1 is 1.03 bits per heavy atom. The smallest absolute Gasteiger partial charge is 0.123 e. The number of para-hydroxylation sites is 1. The van der Waals surface area contributed by atoms with Gasteiger partial charge in [-0.1, -0.05) is 36.8 Å². The van der Waals surface area contributed by atoms with Gasteiger partial charge >= 0.3 is 0 Å². The summed E-state index contributed by atoms with van der Waals surface area (Å²) < 4.78 is 6.08. The number of hydrogen-bond acceptors (Lipinski definition) is 5. The Hall–Kier alpha value is -2.47. The van der Waals surface area contributed by atoms with Crippen molar-refractivity contribution in [3.8, 4) is 5.75 Å². The molecule has 1 aromatic heterocycles. The van der Waals surface area contributed by atoms with E-state index in [-0.39, 0.29) is 6.61 Å². The minimum atomic E-state index is 0.251. The zero-order valence-corrected chi connectivity index (χ0v) is 18.0. The largest absolute Gasteiger partial charge is 0.492 e. The summed E-state index contributed by atoms with van der Waals surface area (Å²) in [6.45, 7) is 5.54. The molecule has 5 heteroatoms. The summed E-state index contributed by atoms with van der Waals surface area (Å²) in [5.41, 5.74) is 4.90. The van der Waals surface area contributed by atoms with Crippen LogP contribution >= 0.6 is 0 Å². The Balaban J connectivity index is 1.34. The third-order valence-corrected chi connectivity index (χ3v) is 6.64. The standard InChI is InChI=1S/C26H31N3O2/c30-19-24-8-1-2-12-29(24)16-20-9-10-25-23(15-20)18-28(13-14-31-25)17-22-6-3-5-21-7-4-11-27-26(21)22/h3-7,9-11,15,24,30H,1-2,8,12-14,16-19H2.